The third-order valence-electron chi connectivity index (χ3n) is 5.30. The van der Waals surface area contributed by atoms with Gasteiger partial charge in [0, 0.05) is 29.6 Å². The molecule has 1 aromatic rings. The summed E-state index contributed by atoms with van der Waals surface area (Å²) in [6.07, 6.45) is -0.604. The van der Waals surface area contributed by atoms with Crippen LogP contribution in [0.5, 0.6) is 5.75 Å². The van der Waals surface area contributed by atoms with Crippen molar-refractivity contribution < 1.29 is 13.9 Å². The van der Waals surface area contributed by atoms with Crippen molar-refractivity contribution >= 4 is 5.57 Å². The van der Waals surface area contributed by atoms with Crippen LogP contribution in [0.4, 0.5) is 8.78 Å². The van der Waals surface area contributed by atoms with Gasteiger partial charge in [0.25, 0.3) is 0 Å². The minimum atomic E-state index is -1.15. The molecule has 1 N–H and O–H groups in total. The van der Waals surface area contributed by atoms with Gasteiger partial charge in [0.2, 0.25) is 0 Å². The maximum Gasteiger partial charge on any atom is 0.128 e. The highest BCUT2D eigenvalue weighted by Gasteiger charge is 2.43. The molecule has 0 radical (unpaired) electrons. The molecule has 3 nitrogen and oxygen atoms in total. The molecule has 2 rings (SSSR count). The van der Waals surface area contributed by atoms with Crippen LogP contribution < -0.4 is 0 Å². The standard InChI is InChI=1S/C19H24F2N2O/c1-12(2)15-8-16(20)14(7-17(15)24)10-23-6-5-19(4,13(3)9-22)18(21)11-23/h7-8,13,18,24H,1,5-6,10-11H2,2-4H3. The quantitative estimate of drug-likeness (QED) is 0.894. The van der Waals surface area contributed by atoms with E-state index in [9.17, 15) is 13.9 Å². The fourth-order valence-electron chi connectivity index (χ4n) is 3.17. The van der Waals surface area contributed by atoms with Crippen molar-refractivity contribution in [2.75, 3.05) is 13.1 Å². The molecule has 0 amide bonds. The summed E-state index contributed by atoms with van der Waals surface area (Å²) in [5.41, 5.74) is 0.631. The van der Waals surface area contributed by atoms with Crippen LogP contribution in [0.25, 0.3) is 5.57 Å². The lowest BCUT2D eigenvalue weighted by Gasteiger charge is -2.43. The number of allylic oxidation sites excluding steroid dienone is 1. The predicted molar refractivity (Wildman–Crippen MR) is 90.4 cm³/mol. The molecule has 0 saturated carbocycles. The second kappa shape index (κ2) is 6.90. The molecule has 3 atom stereocenters. The highest BCUT2D eigenvalue weighted by molar-refractivity contribution is 5.67. The van der Waals surface area contributed by atoms with E-state index in [-0.39, 0.29) is 24.8 Å². The highest BCUT2D eigenvalue weighted by atomic mass is 19.1. The predicted octanol–water partition coefficient (Wildman–Crippen LogP) is 4.27. The third kappa shape index (κ3) is 3.44. The van der Waals surface area contributed by atoms with Crippen molar-refractivity contribution in [3.63, 3.8) is 0 Å². The van der Waals surface area contributed by atoms with Gasteiger partial charge in [0.05, 0.1) is 12.0 Å². The van der Waals surface area contributed by atoms with Crippen LogP contribution in [-0.4, -0.2) is 29.3 Å². The molecule has 1 saturated heterocycles. The SMILES string of the molecule is C=C(C)c1cc(F)c(CN2CCC(C)(C(C)C#N)C(F)C2)cc1O. The second-order valence-electron chi connectivity index (χ2n) is 7.05. The van der Waals surface area contributed by atoms with Crippen molar-refractivity contribution in [3.8, 4) is 11.8 Å². The zero-order valence-corrected chi connectivity index (χ0v) is 14.4. The fraction of sp³-hybridized carbons (Fsp3) is 0.526. The Morgan fingerprint density at radius 2 is 2.25 bits per heavy atom. The summed E-state index contributed by atoms with van der Waals surface area (Å²) in [6, 6.07) is 4.80. The Hall–Kier alpha value is -1.93. The second-order valence-corrected chi connectivity index (χ2v) is 7.05. The van der Waals surface area contributed by atoms with E-state index in [1.165, 1.54) is 12.1 Å². The van der Waals surface area contributed by atoms with Gasteiger partial charge in [-0.25, -0.2) is 8.78 Å². The van der Waals surface area contributed by atoms with Gasteiger partial charge in [-0.2, -0.15) is 5.26 Å². The molecular weight excluding hydrogens is 310 g/mol. The van der Waals surface area contributed by atoms with Gasteiger partial charge in [0.15, 0.2) is 0 Å². The molecule has 1 fully saturated rings. The Morgan fingerprint density at radius 3 is 2.79 bits per heavy atom. The van der Waals surface area contributed by atoms with Gasteiger partial charge in [-0.3, -0.25) is 4.90 Å². The topological polar surface area (TPSA) is 47.3 Å². The zero-order valence-electron chi connectivity index (χ0n) is 14.4. The Labute approximate surface area is 142 Å². The smallest absolute Gasteiger partial charge is 0.128 e. The maximum absolute atomic E-state index is 14.6. The first kappa shape index (κ1) is 18.4. The number of phenols is 1. The number of rotatable bonds is 4. The van der Waals surface area contributed by atoms with Crippen LogP contribution in [0, 0.1) is 28.5 Å². The summed E-state index contributed by atoms with van der Waals surface area (Å²) in [5.74, 6) is -0.819. The number of hydrogen-bond acceptors (Lipinski definition) is 3. The average molecular weight is 334 g/mol. The summed E-state index contributed by atoms with van der Waals surface area (Å²) in [4.78, 5) is 1.83. The van der Waals surface area contributed by atoms with E-state index in [4.69, 9.17) is 5.26 Å². The van der Waals surface area contributed by atoms with Crippen LogP contribution in [0.15, 0.2) is 18.7 Å². The molecule has 24 heavy (non-hydrogen) atoms. The fourth-order valence-corrected chi connectivity index (χ4v) is 3.17. The molecule has 1 aliphatic rings. The monoisotopic (exact) mass is 334 g/mol. The minimum absolute atomic E-state index is 0.0179. The zero-order chi connectivity index (χ0) is 18.1. The normalized spacial score (nSPS) is 25.9. The summed E-state index contributed by atoms with van der Waals surface area (Å²) in [5, 5.41) is 19.1. The molecule has 0 aromatic heterocycles. The van der Waals surface area contributed by atoms with Gasteiger partial charge in [-0.1, -0.05) is 13.5 Å². The molecule has 130 valence electrons. The Bertz CT molecular complexity index is 683. The first-order chi connectivity index (χ1) is 11.2. The number of halogens is 2. The van der Waals surface area contributed by atoms with Crippen LogP contribution in [0.3, 0.4) is 0 Å². The van der Waals surface area contributed by atoms with Crippen LogP contribution >= 0.6 is 0 Å². The Morgan fingerprint density at radius 1 is 1.58 bits per heavy atom. The molecule has 5 heteroatoms. The maximum atomic E-state index is 14.6. The van der Waals surface area contributed by atoms with E-state index < -0.39 is 17.4 Å². The van der Waals surface area contributed by atoms with Crippen molar-refractivity contribution in [1.82, 2.24) is 4.90 Å². The summed E-state index contributed by atoms with van der Waals surface area (Å²) in [6.45, 7) is 9.93. The molecule has 3 unspecified atom stereocenters. The van der Waals surface area contributed by atoms with Gasteiger partial charge >= 0.3 is 0 Å². The summed E-state index contributed by atoms with van der Waals surface area (Å²) >= 11 is 0. The number of nitriles is 1. The third-order valence-corrected chi connectivity index (χ3v) is 5.30. The van der Waals surface area contributed by atoms with Crippen LogP contribution in [0.2, 0.25) is 0 Å². The van der Waals surface area contributed by atoms with E-state index in [0.29, 0.717) is 29.7 Å². The first-order valence-electron chi connectivity index (χ1n) is 8.12. The number of hydrogen-bond donors (Lipinski definition) is 1. The average Bonchev–Trinajstić information content (AvgIpc) is 2.53. The lowest BCUT2D eigenvalue weighted by molar-refractivity contribution is -0.00596. The number of benzene rings is 1. The molecular formula is C19H24F2N2O. The van der Waals surface area contributed by atoms with E-state index >= 15 is 0 Å². The number of phenolic OH excluding ortho intramolecular Hbond substituents is 1. The number of nitrogens with zero attached hydrogens (tertiary/aromatic N) is 2. The van der Waals surface area contributed by atoms with Gasteiger partial charge in [0.1, 0.15) is 17.7 Å². The van der Waals surface area contributed by atoms with E-state index in [1.807, 2.05) is 4.90 Å². The van der Waals surface area contributed by atoms with Gasteiger partial charge < -0.3 is 5.11 Å². The summed E-state index contributed by atoms with van der Waals surface area (Å²) in [7, 11) is 0. The Balaban J connectivity index is 2.13. The number of piperidine rings is 1. The molecule has 0 bridgehead atoms. The first-order valence-corrected chi connectivity index (χ1v) is 8.12. The van der Waals surface area contributed by atoms with E-state index in [1.54, 1.807) is 20.8 Å². The van der Waals surface area contributed by atoms with Crippen LogP contribution in [0.1, 0.15) is 38.3 Å². The highest BCUT2D eigenvalue weighted by Crippen LogP contribution is 2.40. The molecule has 0 aliphatic carbocycles. The van der Waals surface area contributed by atoms with E-state index in [0.717, 1.165) is 0 Å². The lowest BCUT2D eigenvalue weighted by Crippen LogP contribution is -2.49. The van der Waals surface area contributed by atoms with Crippen molar-refractivity contribution in [2.45, 2.75) is 39.9 Å². The van der Waals surface area contributed by atoms with Crippen molar-refractivity contribution in [3.05, 3.63) is 35.7 Å². The van der Waals surface area contributed by atoms with Gasteiger partial charge in [-0.15, -0.1) is 0 Å². The Kier molecular flexibility index (Phi) is 5.29. The number of alkyl halides is 1. The number of likely N-dealkylation sites (tertiary alicyclic amines) is 1. The summed E-state index contributed by atoms with van der Waals surface area (Å²) < 4.78 is 28.9. The molecule has 1 aliphatic heterocycles. The van der Waals surface area contributed by atoms with Crippen molar-refractivity contribution in [1.29, 1.82) is 5.26 Å². The van der Waals surface area contributed by atoms with Crippen molar-refractivity contribution in [2.24, 2.45) is 11.3 Å². The van der Waals surface area contributed by atoms with Crippen LogP contribution in [-0.2, 0) is 6.54 Å². The van der Waals surface area contributed by atoms with E-state index in [2.05, 4.69) is 12.6 Å². The largest absolute Gasteiger partial charge is 0.507 e. The van der Waals surface area contributed by atoms with Gasteiger partial charge in [-0.05, 0) is 44.5 Å². The minimum Gasteiger partial charge on any atom is -0.507 e. The molecule has 1 aromatic carbocycles. The lowest BCUT2D eigenvalue weighted by atomic mass is 9.70. The molecule has 0 spiro atoms. The number of aromatic hydroxyl groups is 1. The molecule has 1 heterocycles.